The van der Waals surface area contributed by atoms with Gasteiger partial charge in [0.25, 0.3) is 5.56 Å². The highest BCUT2D eigenvalue weighted by Gasteiger charge is 2.07. The molecule has 17 heavy (non-hydrogen) atoms. The standard InChI is InChI=1S/C13H17N3O/c1-9-5-4-6-11-12(9)15-8-16(13(11)17)7-10(2)14-3/h4-6,8,10,14H,7H2,1-3H3. The van der Waals surface area contributed by atoms with E-state index in [1.54, 1.807) is 10.9 Å². The predicted molar refractivity (Wildman–Crippen MR) is 69.3 cm³/mol. The fraction of sp³-hybridized carbons (Fsp3) is 0.385. The molecule has 0 aliphatic rings. The lowest BCUT2D eigenvalue weighted by Crippen LogP contribution is -2.32. The van der Waals surface area contributed by atoms with E-state index in [4.69, 9.17) is 0 Å². The largest absolute Gasteiger partial charge is 0.315 e. The van der Waals surface area contributed by atoms with Crippen molar-refractivity contribution in [3.63, 3.8) is 0 Å². The Morgan fingerprint density at radius 1 is 1.47 bits per heavy atom. The lowest BCUT2D eigenvalue weighted by molar-refractivity contribution is 0.503. The van der Waals surface area contributed by atoms with Gasteiger partial charge in [-0.1, -0.05) is 12.1 Å². The Morgan fingerprint density at radius 2 is 2.24 bits per heavy atom. The number of rotatable bonds is 3. The molecule has 1 aromatic heterocycles. The summed E-state index contributed by atoms with van der Waals surface area (Å²) in [6.07, 6.45) is 1.63. The zero-order valence-electron chi connectivity index (χ0n) is 10.4. The second kappa shape index (κ2) is 4.67. The average molecular weight is 231 g/mol. The van der Waals surface area contributed by atoms with Gasteiger partial charge in [-0.15, -0.1) is 0 Å². The Kier molecular flexibility index (Phi) is 3.24. The third-order valence-electron chi connectivity index (χ3n) is 3.02. The molecule has 1 N–H and O–H groups in total. The van der Waals surface area contributed by atoms with E-state index in [0.29, 0.717) is 11.9 Å². The Bertz CT molecular complexity index is 589. The van der Waals surface area contributed by atoms with Crippen LogP contribution in [0.1, 0.15) is 12.5 Å². The summed E-state index contributed by atoms with van der Waals surface area (Å²) in [5.74, 6) is 0. The SMILES string of the molecule is CNC(C)Cn1cnc2c(C)cccc2c1=O. The van der Waals surface area contributed by atoms with Gasteiger partial charge in [-0.2, -0.15) is 0 Å². The van der Waals surface area contributed by atoms with E-state index in [1.165, 1.54) is 0 Å². The van der Waals surface area contributed by atoms with Gasteiger partial charge in [0.15, 0.2) is 0 Å². The van der Waals surface area contributed by atoms with Crippen molar-refractivity contribution in [2.75, 3.05) is 7.05 Å². The molecule has 1 aromatic carbocycles. The van der Waals surface area contributed by atoms with Crippen molar-refractivity contribution in [1.29, 1.82) is 0 Å². The lowest BCUT2D eigenvalue weighted by Gasteiger charge is -2.12. The van der Waals surface area contributed by atoms with E-state index in [1.807, 2.05) is 39.1 Å². The van der Waals surface area contributed by atoms with Gasteiger partial charge in [0.2, 0.25) is 0 Å². The number of para-hydroxylation sites is 1. The van der Waals surface area contributed by atoms with Gasteiger partial charge in [0.1, 0.15) is 0 Å². The van der Waals surface area contributed by atoms with Crippen molar-refractivity contribution in [3.05, 3.63) is 40.4 Å². The van der Waals surface area contributed by atoms with E-state index in [-0.39, 0.29) is 11.6 Å². The minimum absolute atomic E-state index is 0.0285. The van der Waals surface area contributed by atoms with Gasteiger partial charge in [-0.25, -0.2) is 4.98 Å². The number of nitrogens with zero attached hydrogens (tertiary/aromatic N) is 2. The Morgan fingerprint density at radius 3 is 2.94 bits per heavy atom. The summed E-state index contributed by atoms with van der Waals surface area (Å²) in [6.45, 7) is 4.63. The zero-order chi connectivity index (χ0) is 12.4. The zero-order valence-corrected chi connectivity index (χ0v) is 10.4. The molecule has 0 aliphatic carbocycles. The van der Waals surface area contributed by atoms with Gasteiger partial charge in [0.05, 0.1) is 17.2 Å². The smallest absolute Gasteiger partial charge is 0.261 e. The third-order valence-corrected chi connectivity index (χ3v) is 3.02. The molecule has 4 nitrogen and oxygen atoms in total. The summed E-state index contributed by atoms with van der Waals surface area (Å²) in [6, 6.07) is 5.94. The molecule has 2 aromatic rings. The molecule has 0 radical (unpaired) electrons. The van der Waals surface area contributed by atoms with Crippen LogP contribution in [0.3, 0.4) is 0 Å². The van der Waals surface area contributed by atoms with Crippen LogP contribution in [0.2, 0.25) is 0 Å². The minimum Gasteiger partial charge on any atom is -0.315 e. The molecule has 4 heteroatoms. The third kappa shape index (κ3) is 2.22. The van der Waals surface area contributed by atoms with Crippen LogP contribution < -0.4 is 10.9 Å². The normalized spacial score (nSPS) is 12.9. The van der Waals surface area contributed by atoms with Crippen LogP contribution in [0.5, 0.6) is 0 Å². The molecular formula is C13H17N3O. The number of benzene rings is 1. The maximum atomic E-state index is 12.2. The Balaban J connectivity index is 2.55. The lowest BCUT2D eigenvalue weighted by atomic mass is 10.1. The maximum Gasteiger partial charge on any atom is 0.261 e. The molecule has 0 saturated carbocycles. The monoisotopic (exact) mass is 231 g/mol. The fourth-order valence-electron chi connectivity index (χ4n) is 1.85. The molecular weight excluding hydrogens is 214 g/mol. The highest BCUT2D eigenvalue weighted by atomic mass is 16.1. The number of fused-ring (bicyclic) bond motifs is 1. The molecule has 0 saturated heterocycles. The highest BCUT2D eigenvalue weighted by Crippen LogP contribution is 2.11. The van der Waals surface area contributed by atoms with Crippen LogP contribution in [0, 0.1) is 6.92 Å². The van der Waals surface area contributed by atoms with E-state index < -0.39 is 0 Å². The molecule has 0 spiro atoms. The van der Waals surface area contributed by atoms with Crippen LogP contribution in [0.25, 0.3) is 10.9 Å². The Hall–Kier alpha value is -1.68. The second-order valence-electron chi connectivity index (χ2n) is 4.36. The number of aromatic nitrogens is 2. The van der Waals surface area contributed by atoms with E-state index >= 15 is 0 Å². The van der Waals surface area contributed by atoms with Gasteiger partial charge < -0.3 is 5.32 Å². The summed E-state index contributed by atoms with van der Waals surface area (Å²) < 4.78 is 1.66. The van der Waals surface area contributed by atoms with Crippen molar-refractivity contribution in [3.8, 4) is 0 Å². The molecule has 0 fully saturated rings. The number of likely N-dealkylation sites (N-methyl/N-ethyl adjacent to an activating group) is 1. The first kappa shape index (κ1) is 11.8. The van der Waals surface area contributed by atoms with Crippen molar-refractivity contribution in [1.82, 2.24) is 14.9 Å². The number of aryl methyl sites for hydroxylation is 1. The highest BCUT2D eigenvalue weighted by molar-refractivity contribution is 5.80. The minimum atomic E-state index is 0.0285. The van der Waals surface area contributed by atoms with Crippen LogP contribution >= 0.6 is 0 Å². The second-order valence-corrected chi connectivity index (χ2v) is 4.36. The van der Waals surface area contributed by atoms with Crippen molar-refractivity contribution in [2.45, 2.75) is 26.4 Å². The number of hydrogen-bond donors (Lipinski definition) is 1. The van der Waals surface area contributed by atoms with Gasteiger partial charge in [-0.3, -0.25) is 9.36 Å². The molecule has 90 valence electrons. The maximum absolute atomic E-state index is 12.2. The van der Waals surface area contributed by atoms with Gasteiger partial charge in [0, 0.05) is 12.6 Å². The van der Waals surface area contributed by atoms with Crippen LogP contribution in [0.4, 0.5) is 0 Å². The van der Waals surface area contributed by atoms with E-state index in [9.17, 15) is 4.79 Å². The summed E-state index contributed by atoms with van der Waals surface area (Å²) in [4.78, 5) is 16.6. The quantitative estimate of drug-likeness (QED) is 0.866. The first-order valence-corrected chi connectivity index (χ1v) is 5.75. The molecule has 0 aliphatic heterocycles. The Labute approximate surface area is 100 Å². The number of nitrogens with one attached hydrogen (secondary N) is 1. The van der Waals surface area contributed by atoms with Gasteiger partial charge >= 0.3 is 0 Å². The molecule has 0 bridgehead atoms. The topological polar surface area (TPSA) is 46.9 Å². The molecule has 0 amide bonds. The average Bonchev–Trinajstić information content (AvgIpc) is 2.33. The first-order valence-electron chi connectivity index (χ1n) is 5.75. The summed E-state index contributed by atoms with van der Waals surface area (Å²) in [5, 5.41) is 3.80. The van der Waals surface area contributed by atoms with Crippen LogP contribution in [-0.2, 0) is 6.54 Å². The first-order chi connectivity index (χ1) is 8.13. The molecule has 1 unspecified atom stereocenters. The van der Waals surface area contributed by atoms with E-state index in [2.05, 4.69) is 10.3 Å². The van der Waals surface area contributed by atoms with E-state index in [0.717, 1.165) is 11.1 Å². The molecule has 1 heterocycles. The summed E-state index contributed by atoms with van der Waals surface area (Å²) in [7, 11) is 1.88. The molecule has 2 rings (SSSR count). The van der Waals surface area contributed by atoms with Crippen molar-refractivity contribution in [2.24, 2.45) is 0 Å². The predicted octanol–water partition coefficient (Wildman–Crippen LogP) is 1.31. The van der Waals surface area contributed by atoms with Crippen molar-refractivity contribution >= 4 is 10.9 Å². The van der Waals surface area contributed by atoms with Crippen LogP contribution in [0.15, 0.2) is 29.3 Å². The summed E-state index contributed by atoms with van der Waals surface area (Å²) in [5.41, 5.74) is 1.86. The fourth-order valence-corrected chi connectivity index (χ4v) is 1.85. The molecule has 1 atom stereocenters. The van der Waals surface area contributed by atoms with Crippen molar-refractivity contribution < 1.29 is 0 Å². The number of hydrogen-bond acceptors (Lipinski definition) is 3. The van der Waals surface area contributed by atoms with Crippen LogP contribution in [-0.4, -0.2) is 22.6 Å². The summed E-state index contributed by atoms with van der Waals surface area (Å²) >= 11 is 0. The van der Waals surface area contributed by atoms with Gasteiger partial charge in [-0.05, 0) is 32.5 Å².